The molecule has 2 aromatic carbocycles. The Hall–Kier alpha value is -2.42. The molecule has 0 saturated carbocycles. The zero-order chi connectivity index (χ0) is 15.6. The molecule has 0 bridgehead atoms. The molecule has 2 aromatic rings. The van der Waals surface area contributed by atoms with Gasteiger partial charge in [-0.3, -0.25) is 0 Å². The molecule has 1 aliphatic heterocycles. The lowest BCUT2D eigenvalue weighted by molar-refractivity contribution is 0.478. The highest BCUT2D eigenvalue weighted by Gasteiger charge is 2.36. The van der Waals surface area contributed by atoms with E-state index in [1.165, 1.54) is 16.9 Å². The van der Waals surface area contributed by atoms with E-state index >= 15 is 0 Å². The predicted molar refractivity (Wildman–Crippen MR) is 89.5 cm³/mol. The minimum absolute atomic E-state index is 0.0886. The lowest BCUT2D eigenvalue weighted by Crippen LogP contribution is -2.21. The van der Waals surface area contributed by atoms with Crippen molar-refractivity contribution in [1.29, 1.82) is 0 Å². The Bertz CT molecular complexity index is 641. The molecular formula is C18H22N2O. The van der Waals surface area contributed by atoms with E-state index in [0.717, 1.165) is 0 Å². The second kappa shape index (κ2) is 5.52. The fourth-order valence-electron chi connectivity index (χ4n) is 2.50. The number of nitrogens with zero attached hydrogens (tertiary/aromatic N) is 1. The number of phenolic OH excluding ortho intramolecular Hbond substituents is 1. The van der Waals surface area contributed by atoms with Crippen molar-refractivity contribution in [2.75, 3.05) is 17.7 Å². The van der Waals surface area contributed by atoms with E-state index < -0.39 is 0 Å². The summed E-state index contributed by atoms with van der Waals surface area (Å²) in [5, 5.41) is 8.79. The number of hydrogen-bond donors (Lipinski definition) is 2. The van der Waals surface area contributed by atoms with Crippen LogP contribution in [0.15, 0.2) is 60.8 Å². The van der Waals surface area contributed by atoms with Crippen LogP contribution < -0.4 is 10.6 Å². The van der Waals surface area contributed by atoms with Crippen LogP contribution >= 0.6 is 0 Å². The average Bonchev–Trinajstić information content (AvgIpc) is 2.65. The molecule has 1 heterocycles. The molecular weight excluding hydrogens is 260 g/mol. The summed E-state index contributed by atoms with van der Waals surface area (Å²) in [5.41, 5.74) is 9.62. The summed E-state index contributed by atoms with van der Waals surface area (Å²) in [6, 6.07) is 15.2. The van der Waals surface area contributed by atoms with Crippen molar-refractivity contribution in [2.45, 2.75) is 19.3 Å². The van der Waals surface area contributed by atoms with Crippen LogP contribution in [0.1, 0.15) is 19.4 Å². The van der Waals surface area contributed by atoms with E-state index in [2.05, 4.69) is 56.6 Å². The molecule has 0 unspecified atom stereocenters. The summed E-state index contributed by atoms with van der Waals surface area (Å²) in [4.78, 5) is 2.18. The number of fused-ring (bicyclic) bond motifs is 1. The molecule has 0 radical (unpaired) electrons. The monoisotopic (exact) mass is 282 g/mol. The van der Waals surface area contributed by atoms with Gasteiger partial charge in [-0.2, -0.15) is 0 Å². The van der Waals surface area contributed by atoms with Gasteiger partial charge < -0.3 is 15.7 Å². The average molecular weight is 282 g/mol. The smallest absolute Gasteiger partial charge is 0.138 e. The normalized spacial score (nSPS) is 15.2. The van der Waals surface area contributed by atoms with Crippen molar-refractivity contribution in [3.63, 3.8) is 0 Å². The molecule has 3 rings (SSSR count). The Labute approximate surface area is 126 Å². The minimum atomic E-state index is 0.0886. The Morgan fingerprint density at radius 3 is 2.14 bits per heavy atom. The van der Waals surface area contributed by atoms with Crippen molar-refractivity contribution >= 4 is 11.4 Å². The summed E-state index contributed by atoms with van der Waals surface area (Å²) in [5.74, 6) is 0.146. The molecule has 1 aliphatic rings. The standard InChI is InChI=1S/C12H15N.C6H7NO/c1-9-12(2,3)10-7-5-6-8-11(10)13(9)4;7-5-3-1-2-4-6(5)8/h5-8H,1H2,2-4H3;1-4,8H,7H2. The number of rotatable bonds is 0. The fourth-order valence-corrected chi connectivity index (χ4v) is 2.50. The van der Waals surface area contributed by atoms with Crippen LogP contribution in [0.3, 0.4) is 0 Å². The first kappa shape index (κ1) is 15.0. The Kier molecular flexibility index (Phi) is 3.94. The molecule has 0 spiro atoms. The third kappa shape index (κ3) is 2.72. The van der Waals surface area contributed by atoms with Gasteiger partial charge in [0.2, 0.25) is 0 Å². The zero-order valence-electron chi connectivity index (χ0n) is 12.8. The molecule has 3 N–H and O–H groups in total. The number of allylic oxidation sites excluding steroid dienone is 1. The molecule has 0 aliphatic carbocycles. The maximum absolute atomic E-state index is 8.79. The number of hydrogen-bond acceptors (Lipinski definition) is 3. The van der Waals surface area contributed by atoms with Crippen molar-refractivity contribution in [2.24, 2.45) is 0 Å². The summed E-state index contributed by atoms with van der Waals surface area (Å²) >= 11 is 0. The topological polar surface area (TPSA) is 49.5 Å². The molecule has 3 nitrogen and oxygen atoms in total. The van der Waals surface area contributed by atoms with Crippen LogP contribution in [0.4, 0.5) is 11.4 Å². The summed E-state index contributed by atoms with van der Waals surface area (Å²) in [6.07, 6.45) is 0. The molecule has 0 fully saturated rings. The van der Waals surface area contributed by atoms with Gasteiger partial charge in [-0.25, -0.2) is 0 Å². The molecule has 3 heteroatoms. The zero-order valence-corrected chi connectivity index (χ0v) is 12.8. The van der Waals surface area contributed by atoms with Crippen LogP contribution in [-0.2, 0) is 5.41 Å². The molecule has 0 saturated heterocycles. The Balaban J connectivity index is 0.000000173. The van der Waals surface area contributed by atoms with Crippen LogP contribution in [0.5, 0.6) is 5.75 Å². The second-order valence-corrected chi connectivity index (χ2v) is 5.71. The Morgan fingerprint density at radius 1 is 1.05 bits per heavy atom. The number of para-hydroxylation sites is 3. The largest absolute Gasteiger partial charge is 0.506 e. The first-order valence-electron chi connectivity index (χ1n) is 6.91. The molecule has 0 amide bonds. The van der Waals surface area contributed by atoms with Crippen LogP contribution in [0.25, 0.3) is 0 Å². The van der Waals surface area contributed by atoms with E-state index in [4.69, 9.17) is 10.8 Å². The third-order valence-electron chi connectivity index (χ3n) is 4.00. The maximum Gasteiger partial charge on any atom is 0.138 e. The molecule has 110 valence electrons. The SMILES string of the molecule is C=C1N(C)c2ccccc2C1(C)C.Nc1ccccc1O. The van der Waals surface area contributed by atoms with Crippen molar-refractivity contribution in [1.82, 2.24) is 0 Å². The second-order valence-electron chi connectivity index (χ2n) is 5.71. The number of anilines is 2. The number of aromatic hydroxyl groups is 1. The van der Waals surface area contributed by atoms with Crippen LogP contribution in [0.2, 0.25) is 0 Å². The van der Waals surface area contributed by atoms with Gasteiger partial charge in [0.05, 0.1) is 5.69 Å². The summed E-state index contributed by atoms with van der Waals surface area (Å²) < 4.78 is 0. The number of likely N-dealkylation sites (N-methyl/N-ethyl adjacent to an activating group) is 1. The molecule has 0 atom stereocenters. The van der Waals surface area contributed by atoms with Gasteiger partial charge in [-0.05, 0) is 23.8 Å². The van der Waals surface area contributed by atoms with Gasteiger partial charge >= 0.3 is 0 Å². The Morgan fingerprint density at radius 2 is 1.62 bits per heavy atom. The summed E-state index contributed by atoms with van der Waals surface area (Å²) in [6.45, 7) is 8.57. The number of phenols is 1. The maximum atomic E-state index is 8.79. The highest BCUT2D eigenvalue weighted by molar-refractivity contribution is 5.69. The van der Waals surface area contributed by atoms with Gasteiger partial charge in [0.25, 0.3) is 0 Å². The van der Waals surface area contributed by atoms with Gasteiger partial charge in [0.15, 0.2) is 0 Å². The summed E-state index contributed by atoms with van der Waals surface area (Å²) in [7, 11) is 2.08. The van der Waals surface area contributed by atoms with Gasteiger partial charge in [-0.15, -0.1) is 0 Å². The minimum Gasteiger partial charge on any atom is -0.506 e. The van der Waals surface area contributed by atoms with E-state index in [-0.39, 0.29) is 11.2 Å². The number of nitrogen functional groups attached to an aromatic ring is 1. The van der Waals surface area contributed by atoms with Gasteiger partial charge in [0.1, 0.15) is 5.75 Å². The fraction of sp³-hybridized carbons (Fsp3) is 0.222. The lowest BCUT2D eigenvalue weighted by Gasteiger charge is -2.22. The van der Waals surface area contributed by atoms with E-state index in [0.29, 0.717) is 5.69 Å². The van der Waals surface area contributed by atoms with E-state index in [1.54, 1.807) is 24.3 Å². The quantitative estimate of drug-likeness (QED) is 0.569. The van der Waals surface area contributed by atoms with Crippen molar-refractivity contribution in [3.8, 4) is 5.75 Å². The highest BCUT2D eigenvalue weighted by atomic mass is 16.3. The van der Waals surface area contributed by atoms with Crippen LogP contribution in [-0.4, -0.2) is 12.2 Å². The van der Waals surface area contributed by atoms with E-state index in [9.17, 15) is 0 Å². The first-order chi connectivity index (χ1) is 9.85. The van der Waals surface area contributed by atoms with Crippen molar-refractivity contribution in [3.05, 3.63) is 66.4 Å². The first-order valence-corrected chi connectivity index (χ1v) is 6.91. The van der Waals surface area contributed by atoms with Crippen LogP contribution in [0, 0.1) is 0 Å². The molecule has 21 heavy (non-hydrogen) atoms. The number of nitrogens with two attached hydrogens (primary N) is 1. The molecule has 0 aromatic heterocycles. The third-order valence-corrected chi connectivity index (χ3v) is 4.00. The highest BCUT2D eigenvalue weighted by Crippen LogP contribution is 2.45. The van der Waals surface area contributed by atoms with Gasteiger partial charge in [-0.1, -0.05) is 50.8 Å². The predicted octanol–water partition coefficient (Wildman–Crippen LogP) is 3.90. The van der Waals surface area contributed by atoms with Gasteiger partial charge in [0, 0.05) is 23.8 Å². The van der Waals surface area contributed by atoms with Crippen molar-refractivity contribution < 1.29 is 5.11 Å². The number of benzene rings is 2. The van der Waals surface area contributed by atoms with E-state index in [1.807, 2.05) is 0 Å². The lowest BCUT2D eigenvalue weighted by atomic mass is 9.85.